The van der Waals surface area contributed by atoms with Crippen LogP contribution in [-0.2, 0) is 7.05 Å². The van der Waals surface area contributed by atoms with Gasteiger partial charge in [-0.05, 0) is 49.3 Å². The molecule has 3 atom stereocenters. The zero-order chi connectivity index (χ0) is 16.7. The highest BCUT2D eigenvalue weighted by Crippen LogP contribution is 2.44. The van der Waals surface area contributed by atoms with E-state index in [1.54, 1.807) is 11.8 Å². The molecular formula is C19H23N3O2. The average molecular weight is 325 g/mol. The van der Waals surface area contributed by atoms with Crippen LogP contribution in [0.1, 0.15) is 36.2 Å². The Morgan fingerprint density at radius 3 is 2.88 bits per heavy atom. The van der Waals surface area contributed by atoms with Crippen LogP contribution in [-0.4, -0.2) is 28.8 Å². The molecular weight excluding hydrogens is 302 g/mol. The molecule has 1 N–H and O–H groups in total. The van der Waals surface area contributed by atoms with Gasteiger partial charge in [-0.2, -0.15) is 5.10 Å². The number of nitrogens with zero attached hydrogens (tertiary/aromatic N) is 2. The summed E-state index contributed by atoms with van der Waals surface area (Å²) in [6.45, 7) is 0. The summed E-state index contributed by atoms with van der Waals surface area (Å²) in [5, 5.41) is 7.61. The standard InChI is InChI=1S/C19H23N3O2/c1-22-18(14-4-3-5-15(10-14)24-2)11-17(21-22)19(23)20-16-9-12-6-7-13(16)8-12/h3-5,10-13,16H,6-9H2,1-2H3,(H,20,23)/t12-,13-,16+/m0/s1. The van der Waals surface area contributed by atoms with Crippen LogP contribution in [0.25, 0.3) is 11.3 Å². The number of fused-ring (bicyclic) bond motifs is 2. The first-order valence-corrected chi connectivity index (χ1v) is 8.63. The van der Waals surface area contributed by atoms with Crippen molar-refractivity contribution < 1.29 is 9.53 Å². The van der Waals surface area contributed by atoms with Crippen molar-refractivity contribution in [2.45, 2.75) is 31.7 Å². The first-order valence-electron chi connectivity index (χ1n) is 8.63. The number of ether oxygens (including phenoxy) is 1. The van der Waals surface area contributed by atoms with Gasteiger partial charge in [0.15, 0.2) is 5.69 Å². The molecule has 0 aliphatic heterocycles. The molecule has 0 unspecified atom stereocenters. The van der Waals surface area contributed by atoms with Crippen LogP contribution in [0.4, 0.5) is 0 Å². The summed E-state index contributed by atoms with van der Waals surface area (Å²) in [6, 6.07) is 9.99. The van der Waals surface area contributed by atoms with Crippen LogP contribution in [0.5, 0.6) is 5.75 Å². The molecule has 4 rings (SSSR count). The maximum atomic E-state index is 12.6. The first kappa shape index (κ1) is 15.2. The van der Waals surface area contributed by atoms with Crippen LogP contribution in [0, 0.1) is 11.8 Å². The minimum atomic E-state index is -0.0581. The molecule has 24 heavy (non-hydrogen) atoms. The summed E-state index contributed by atoms with van der Waals surface area (Å²) in [6.07, 6.45) is 5.00. The Balaban J connectivity index is 1.53. The van der Waals surface area contributed by atoms with Crippen molar-refractivity contribution in [3.63, 3.8) is 0 Å². The summed E-state index contributed by atoms with van der Waals surface area (Å²) in [7, 11) is 3.51. The van der Waals surface area contributed by atoms with Crippen molar-refractivity contribution in [1.82, 2.24) is 15.1 Å². The topological polar surface area (TPSA) is 56.1 Å². The van der Waals surface area contributed by atoms with Crippen molar-refractivity contribution in [1.29, 1.82) is 0 Å². The Morgan fingerprint density at radius 1 is 1.29 bits per heavy atom. The predicted octanol–water partition coefficient (Wildman–Crippen LogP) is 3.01. The number of carbonyl (C=O) groups excluding carboxylic acids is 1. The van der Waals surface area contributed by atoms with Crippen LogP contribution >= 0.6 is 0 Å². The number of nitrogens with one attached hydrogen (secondary N) is 1. The Kier molecular flexibility index (Phi) is 3.79. The van der Waals surface area contributed by atoms with Gasteiger partial charge in [0.05, 0.1) is 12.8 Å². The van der Waals surface area contributed by atoms with E-state index in [9.17, 15) is 4.79 Å². The van der Waals surface area contributed by atoms with E-state index in [2.05, 4.69) is 10.4 Å². The minimum absolute atomic E-state index is 0.0581. The van der Waals surface area contributed by atoms with E-state index >= 15 is 0 Å². The third kappa shape index (κ3) is 2.68. The first-order chi connectivity index (χ1) is 11.6. The summed E-state index contributed by atoms with van der Waals surface area (Å²) >= 11 is 0. The number of benzene rings is 1. The molecule has 2 bridgehead atoms. The fraction of sp³-hybridized carbons (Fsp3) is 0.474. The Hall–Kier alpha value is -2.30. The van der Waals surface area contributed by atoms with Crippen molar-refractivity contribution in [3.05, 3.63) is 36.0 Å². The lowest BCUT2D eigenvalue weighted by Crippen LogP contribution is -2.38. The van der Waals surface area contributed by atoms with E-state index in [-0.39, 0.29) is 5.91 Å². The van der Waals surface area contributed by atoms with E-state index in [1.165, 1.54) is 19.3 Å². The molecule has 2 saturated carbocycles. The second-order valence-electron chi connectivity index (χ2n) is 7.03. The molecule has 1 aromatic heterocycles. The van der Waals surface area contributed by atoms with Crippen LogP contribution in [0.3, 0.4) is 0 Å². The lowest BCUT2D eigenvalue weighted by molar-refractivity contribution is 0.0917. The normalized spacial score (nSPS) is 25.0. The van der Waals surface area contributed by atoms with Gasteiger partial charge in [0.25, 0.3) is 5.91 Å². The van der Waals surface area contributed by atoms with Gasteiger partial charge in [-0.1, -0.05) is 18.6 Å². The molecule has 2 aromatic rings. The largest absolute Gasteiger partial charge is 0.497 e. The van der Waals surface area contributed by atoms with Crippen LogP contribution < -0.4 is 10.1 Å². The molecule has 1 amide bonds. The lowest BCUT2D eigenvalue weighted by Gasteiger charge is -2.22. The SMILES string of the molecule is COc1cccc(-c2cc(C(=O)N[C@@H]3C[C@H]4CC[C@H]3C4)nn2C)c1. The van der Waals surface area contributed by atoms with Gasteiger partial charge in [0.2, 0.25) is 0 Å². The number of methoxy groups -OCH3 is 1. The molecule has 0 saturated heterocycles. The Morgan fingerprint density at radius 2 is 2.17 bits per heavy atom. The second-order valence-corrected chi connectivity index (χ2v) is 7.03. The molecule has 0 spiro atoms. The van der Waals surface area contributed by atoms with Gasteiger partial charge in [-0.3, -0.25) is 9.48 Å². The van der Waals surface area contributed by atoms with E-state index in [4.69, 9.17) is 4.74 Å². The van der Waals surface area contributed by atoms with Gasteiger partial charge < -0.3 is 10.1 Å². The number of carbonyl (C=O) groups is 1. The van der Waals surface area contributed by atoms with E-state index in [0.717, 1.165) is 29.3 Å². The number of rotatable bonds is 4. The van der Waals surface area contributed by atoms with Gasteiger partial charge in [-0.25, -0.2) is 0 Å². The van der Waals surface area contributed by atoms with Gasteiger partial charge in [0, 0.05) is 18.7 Å². The highest BCUT2D eigenvalue weighted by molar-refractivity contribution is 5.93. The van der Waals surface area contributed by atoms with Gasteiger partial charge in [-0.15, -0.1) is 0 Å². The van der Waals surface area contributed by atoms with E-state index < -0.39 is 0 Å². The highest BCUT2D eigenvalue weighted by Gasteiger charge is 2.40. The van der Waals surface area contributed by atoms with Crippen molar-refractivity contribution in [3.8, 4) is 17.0 Å². The monoisotopic (exact) mass is 325 g/mol. The average Bonchev–Trinajstić information content (AvgIpc) is 3.30. The smallest absolute Gasteiger partial charge is 0.272 e. The maximum Gasteiger partial charge on any atom is 0.272 e. The summed E-state index contributed by atoms with van der Waals surface area (Å²) < 4.78 is 7.03. The molecule has 1 aromatic carbocycles. The molecule has 1 heterocycles. The zero-order valence-corrected chi connectivity index (χ0v) is 14.2. The van der Waals surface area contributed by atoms with E-state index in [1.807, 2.05) is 37.4 Å². The number of hydrogen-bond acceptors (Lipinski definition) is 3. The van der Waals surface area contributed by atoms with Crippen molar-refractivity contribution in [2.75, 3.05) is 7.11 Å². The molecule has 5 heteroatoms. The number of hydrogen-bond donors (Lipinski definition) is 1. The molecule has 0 radical (unpaired) electrons. The maximum absolute atomic E-state index is 12.6. The lowest BCUT2D eigenvalue weighted by atomic mass is 9.95. The number of aryl methyl sites for hydroxylation is 1. The predicted molar refractivity (Wildman–Crippen MR) is 91.9 cm³/mol. The zero-order valence-electron chi connectivity index (χ0n) is 14.2. The van der Waals surface area contributed by atoms with Crippen LogP contribution in [0.2, 0.25) is 0 Å². The van der Waals surface area contributed by atoms with E-state index in [0.29, 0.717) is 17.7 Å². The Bertz CT molecular complexity index is 768. The van der Waals surface area contributed by atoms with Crippen LogP contribution in [0.15, 0.2) is 30.3 Å². The fourth-order valence-electron chi connectivity index (χ4n) is 4.29. The third-order valence-corrected chi connectivity index (χ3v) is 5.53. The Labute approximate surface area is 142 Å². The fourth-order valence-corrected chi connectivity index (χ4v) is 4.29. The quantitative estimate of drug-likeness (QED) is 0.940. The minimum Gasteiger partial charge on any atom is -0.497 e. The van der Waals surface area contributed by atoms with Gasteiger partial charge >= 0.3 is 0 Å². The number of amides is 1. The third-order valence-electron chi connectivity index (χ3n) is 5.53. The van der Waals surface area contributed by atoms with Crippen molar-refractivity contribution >= 4 is 5.91 Å². The van der Waals surface area contributed by atoms with Crippen molar-refractivity contribution in [2.24, 2.45) is 18.9 Å². The molecule has 2 aliphatic carbocycles. The summed E-state index contributed by atoms with van der Waals surface area (Å²) in [5.74, 6) is 2.22. The molecule has 5 nitrogen and oxygen atoms in total. The highest BCUT2D eigenvalue weighted by atomic mass is 16.5. The summed E-state index contributed by atoms with van der Waals surface area (Å²) in [4.78, 5) is 12.6. The molecule has 126 valence electrons. The van der Waals surface area contributed by atoms with Gasteiger partial charge in [0.1, 0.15) is 5.75 Å². The second kappa shape index (κ2) is 5.96. The number of aromatic nitrogens is 2. The molecule has 2 fully saturated rings. The summed E-state index contributed by atoms with van der Waals surface area (Å²) in [5.41, 5.74) is 2.38. The molecule has 2 aliphatic rings.